The molecule has 1 N–H and O–H groups in total. The maximum Gasteiger partial charge on any atom is 0.247 e. The number of sulfonamides is 1. The van der Waals surface area contributed by atoms with Crippen LogP contribution in [0.2, 0.25) is 0 Å². The molecular formula is C26H31N7O3S. The number of hydrogen-bond donors (Lipinski definition) is 1. The van der Waals surface area contributed by atoms with Gasteiger partial charge in [0.15, 0.2) is 5.65 Å². The number of fused-ring (bicyclic) bond motifs is 1. The van der Waals surface area contributed by atoms with Gasteiger partial charge >= 0.3 is 0 Å². The summed E-state index contributed by atoms with van der Waals surface area (Å²) in [5.74, 6) is 0.736. The Morgan fingerprint density at radius 2 is 1.70 bits per heavy atom. The smallest absolute Gasteiger partial charge is 0.247 e. The fourth-order valence-electron chi connectivity index (χ4n) is 4.36. The van der Waals surface area contributed by atoms with Crippen molar-refractivity contribution >= 4 is 33.0 Å². The normalized spacial score (nSPS) is 14.9. The van der Waals surface area contributed by atoms with Crippen LogP contribution in [-0.4, -0.2) is 86.7 Å². The van der Waals surface area contributed by atoms with Crippen molar-refractivity contribution < 1.29 is 13.2 Å². The molecule has 0 unspecified atom stereocenters. The predicted octanol–water partition coefficient (Wildman–Crippen LogP) is 3.15. The highest BCUT2D eigenvalue weighted by molar-refractivity contribution is 7.89. The molecule has 3 heterocycles. The third kappa shape index (κ3) is 4.97. The van der Waals surface area contributed by atoms with E-state index in [2.05, 4.69) is 44.4 Å². The monoisotopic (exact) mass is 521 g/mol. The molecule has 0 saturated carbocycles. The van der Waals surface area contributed by atoms with Gasteiger partial charge in [-0.2, -0.15) is 4.98 Å². The van der Waals surface area contributed by atoms with E-state index < -0.39 is 10.0 Å². The minimum Gasteiger partial charge on any atom is -0.495 e. The molecule has 0 spiro atoms. The number of nitrogens with zero attached hydrogens (tertiary/aromatic N) is 6. The van der Waals surface area contributed by atoms with Gasteiger partial charge in [0.1, 0.15) is 10.6 Å². The van der Waals surface area contributed by atoms with Crippen molar-refractivity contribution in [1.29, 1.82) is 0 Å². The minimum atomic E-state index is -3.71. The molecule has 1 aliphatic heterocycles. The summed E-state index contributed by atoms with van der Waals surface area (Å²) in [7, 11) is 2.89. The lowest BCUT2D eigenvalue weighted by atomic mass is 10.1. The molecule has 0 atom stereocenters. The average Bonchev–Trinajstić information content (AvgIpc) is 3.31. The van der Waals surface area contributed by atoms with Gasteiger partial charge in [-0.05, 0) is 61.6 Å². The Bertz CT molecular complexity index is 1510. The van der Waals surface area contributed by atoms with Crippen molar-refractivity contribution in [1.82, 2.24) is 23.8 Å². The van der Waals surface area contributed by atoms with Crippen molar-refractivity contribution in [2.24, 2.45) is 0 Å². The molecule has 1 aliphatic rings. The van der Waals surface area contributed by atoms with Gasteiger partial charge in [-0.3, -0.25) is 0 Å². The number of hydrogen-bond acceptors (Lipinski definition) is 8. The SMILES string of the molecule is COc1ccc(-c2cccc3nc(Nc4ccc(N5CCN(C)CC5)cc4)nn23)cc1S(=O)(=O)N(C)C. The number of benzene rings is 2. The van der Waals surface area contributed by atoms with E-state index in [1.54, 1.807) is 16.6 Å². The summed E-state index contributed by atoms with van der Waals surface area (Å²) in [6, 6.07) is 19.0. The fourth-order valence-corrected chi connectivity index (χ4v) is 5.44. The molecule has 5 rings (SSSR count). The molecule has 2 aromatic carbocycles. The van der Waals surface area contributed by atoms with Crippen LogP contribution in [0.3, 0.4) is 0 Å². The topological polar surface area (TPSA) is 95.3 Å². The van der Waals surface area contributed by atoms with Gasteiger partial charge in [-0.1, -0.05) is 6.07 Å². The van der Waals surface area contributed by atoms with E-state index in [4.69, 9.17) is 4.74 Å². The average molecular weight is 522 g/mol. The Balaban J connectivity index is 1.43. The first-order valence-electron chi connectivity index (χ1n) is 12.0. The zero-order valence-electron chi connectivity index (χ0n) is 21.4. The van der Waals surface area contributed by atoms with Crippen LogP contribution in [0.5, 0.6) is 5.75 Å². The number of likely N-dealkylation sites (N-methyl/N-ethyl adjacent to an activating group) is 1. The molecule has 0 radical (unpaired) electrons. The van der Waals surface area contributed by atoms with Gasteiger partial charge in [-0.25, -0.2) is 17.2 Å². The summed E-state index contributed by atoms with van der Waals surface area (Å²) < 4.78 is 34.0. The second-order valence-electron chi connectivity index (χ2n) is 9.23. The van der Waals surface area contributed by atoms with Crippen molar-refractivity contribution in [3.8, 4) is 17.0 Å². The van der Waals surface area contributed by atoms with Gasteiger partial charge in [0.05, 0.1) is 12.8 Å². The van der Waals surface area contributed by atoms with E-state index >= 15 is 0 Å². The van der Waals surface area contributed by atoms with Crippen molar-refractivity contribution in [2.75, 3.05) is 64.6 Å². The molecule has 1 saturated heterocycles. The van der Waals surface area contributed by atoms with Gasteiger partial charge in [0.2, 0.25) is 16.0 Å². The van der Waals surface area contributed by atoms with E-state index in [0.717, 1.165) is 31.9 Å². The first kappa shape index (κ1) is 25.0. The Kier molecular flexibility index (Phi) is 6.76. The van der Waals surface area contributed by atoms with E-state index in [-0.39, 0.29) is 10.6 Å². The quantitative estimate of drug-likeness (QED) is 0.396. The highest BCUT2D eigenvalue weighted by atomic mass is 32.2. The third-order valence-corrected chi connectivity index (χ3v) is 8.41. The summed E-state index contributed by atoms with van der Waals surface area (Å²) in [6.07, 6.45) is 0. The number of anilines is 3. The molecule has 0 bridgehead atoms. The Labute approximate surface area is 217 Å². The summed E-state index contributed by atoms with van der Waals surface area (Å²) in [5.41, 5.74) is 4.12. The van der Waals surface area contributed by atoms with Crippen LogP contribution in [0, 0.1) is 0 Å². The summed E-state index contributed by atoms with van der Waals surface area (Å²) in [5, 5.41) is 7.95. The van der Waals surface area contributed by atoms with Gasteiger partial charge < -0.3 is 19.9 Å². The van der Waals surface area contributed by atoms with Gasteiger partial charge in [0, 0.05) is 57.2 Å². The molecule has 4 aromatic rings. The van der Waals surface area contributed by atoms with E-state index in [0.29, 0.717) is 22.9 Å². The molecule has 0 aliphatic carbocycles. The maximum absolute atomic E-state index is 12.9. The molecule has 10 nitrogen and oxygen atoms in total. The number of nitrogens with one attached hydrogen (secondary N) is 1. The number of pyridine rings is 1. The van der Waals surface area contributed by atoms with Crippen LogP contribution in [0.15, 0.2) is 65.6 Å². The number of piperazine rings is 1. The predicted molar refractivity (Wildman–Crippen MR) is 145 cm³/mol. The highest BCUT2D eigenvalue weighted by Gasteiger charge is 2.23. The molecule has 0 amide bonds. The number of ether oxygens (including phenoxy) is 1. The Morgan fingerprint density at radius 1 is 0.973 bits per heavy atom. The van der Waals surface area contributed by atoms with Crippen molar-refractivity contribution in [2.45, 2.75) is 4.90 Å². The number of rotatable bonds is 7. The van der Waals surface area contributed by atoms with Crippen LogP contribution >= 0.6 is 0 Å². The number of methoxy groups -OCH3 is 1. The van der Waals surface area contributed by atoms with Crippen molar-refractivity contribution in [3.05, 3.63) is 60.7 Å². The standard InChI is InChI=1S/C26H31N7O3S/c1-30(2)37(34,35)24-18-19(8-13-23(24)36-4)22-6-5-7-25-28-26(29-33(22)25)27-20-9-11-21(12-10-20)32-16-14-31(3)15-17-32/h5-13,18H,14-17H2,1-4H3,(H,27,29). The van der Waals surface area contributed by atoms with Crippen molar-refractivity contribution in [3.63, 3.8) is 0 Å². The van der Waals surface area contributed by atoms with E-state index in [9.17, 15) is 8.42 Å². The van der Waals surface area contributed by atoms with Crippen LogP contribution in [0.25, 0.3) is 16.9 Å². The maximum atomic E-state index is 12.9. The summed E-state index contributed by atoms with van der Waals surface area (Å²) in [4.78, 5) is 9.44. The molecule has 11 heteroatoms. The lowest BCUT2D eigenvalue weighted by Gasteiger charge is -2.34. The van der Waals surface area contributed by atoms with Crippen LogP contribution < -0.4 is 15.0 Å². The number of aromatic nitrogens is 3. The minimum absolute atomic E-state index is 0.0911. The second-order valence-corrected chi connectivity index (χ2v) is 11.4. The zero-order chi connectivity index (χ0) is 26.2. The highest BCUT2D eigenvalue weighted by Crippen LogP contribution is 2.32. The zero-order valence-corrected chi connectivity index (χ0v) is 22.2. The third-order valence-electron chi connectivity index (χ3n) is 6.57. The first-order valence-corrected chi connectivity index (χ1v) is 13.5. The molecule has 1 fully saturated rings. The van der Waals surface area contributed by atoms with Crippen LogP contribution in [-0.2, 0) is 10.0 Å². The fraction of sp³-hybridized carbons (Fsp3) is 0.308. The lowest BCUT2D eigenvalue weighted by Crippen LogP contribution is -2.44. The van der Waals surface area contributed by atoms with Crippen LogP contribution in [0.1, 0.15) is 0 Å². The Hall–Kier alpha value is -3.67. The summed E-state index contributed by atoms with van der Waals surface area (Å²) >= 11 is 0. The van der Waals surface area contributed by atoms with Gasteiger partial charge in [-0.15, -0.1) is 5.10 Å². The Morgan fingerprint density at radius 3 is 2.38 bits per heavy atom. The summed E-state index contributed by atoms with van der Waals surface area (Å²) in [6.45, 7) is 4.15. The first-order chi connectivity index (χ1) is 17.8. The molecule has 37 heavy (non-hydrogen) atoms. The van der Waals surface area contributed by atoms with E-state index in [1.165, 1.54) is 31.2 Å². The molecule has 194 valence electrons. The second kappa shape index (κ2) is 10.0. The molecule has 2 aromatic heterocycles. The largest absolute Gasteiger partial charge is 0.495 e. The van der Waals surface area contributed by atoms with E-state index in [1.807, 2.05) is 36.4 Å². The lowest BCUT2D eigenvalue weighted by molar-refractivity contribution is 0.313. The molecular weight excluding hydrogens is 490 g/mol. The van der Waals surface area contributed by atoms with Crippen LogP contribution in [0.4, 0.5) is 17.3 Å². The van der Waals surface area contributed by atoms with Gasteiger partial charge in [0.25, 0.3) is 0 Å².